The number of nitrogens with zero attached hydrogens (tertiary/aromatic N) is 1. The van der Waals surface area contributed by atoms with Crippen LogP contribution in [0.3, 0.4) is 0 Å². The van der Waals surface area contributed by atoms with E-state index in [9.17, 15) is 9.59 Å². The molecule has 136 valence electrons. The van der Waals surface area contributed by atoms with Gasteiger partial charge in [0.1, 0.15) is 0 Å². The second kappa shape index (κ2) is 8.27. The van der Waals surface area contributed by atoms with Crippen LogP contribution in [0.1, 0.15) is 37.4 Å². The fourth-order valence-corrected chi connectivity index (χ4v) is 2.80. The molecule has 1 heterocycles. The molecule has 2 amide bonds. The number of benzene rings is 2. The maximum atomic E-state index is 12.3. The summed E-state index contributed by atoms with van der Waals surface area (Å²) in [6, 6.07) is 16.5. The van der Waals surface area contributed by atoms with Gasteiger partial charge in [-0.15, -0.1) is 0 Å². The Morgan fingerprint density at radius 1 is 0.889 bits per heavy atom. The van der Waals surface area contributed by atoms with Crippen LogP contribution >= 0.6 is 0 Å². The Kier molecular flexibility index (Phi) is 5.61. The standard InChI is InChI=1S/C22H21N3O2/c1-15-10-16(2)12-19(11-15)21(26)24-13-17-5-7-18(8-6-17)22(27)25-20-4-3-9-23-14-20/h3-12,14H,13H2,1-2H3,(H,24,26)(H,25,27). The first-order valence-corrected chi connectivity index (χ1v) is 8.68. The van der Waals surface area contributed by atoms with E-state index < -0.39 is 0 Å². The molecular weight excluding hydrogens is 338 g/mol. The van der Waals surface area contributed by atoms with Crippen molar-refractivity contribution in [2.45, 2.75) is 20.4 Å². The van der Waals surface area contributed by atoms with E-state index in [2.05, 4.69) is 15.6 Å². The van der Waals surface area contributed by atoms with Gasteiger partial charge in [-0.05, 0) is 55.8 Å². The lowest BCUT2D eigenvalue weighted by Crippen LogP contribution is -2.23. The van der Waals surface area contributed by atoms with Crippen molar-refractivity contribution in [2.24, 2.45) is 0 Å². The molecule has 0 atom stereocenters. The minimum absolute atomic E-state index is 0.111. The van der Waals surface area contributed by atoms with Gasteiger partial charge in [-0.1, -0.05) is 29.3 Å². The lowest BCUT2D eigenvalue weighted by molar-refractivity contribution is 0.0949. The summed E-state index contributed by atoms with van der Waals surface area (Å²) in [7, 11) is 0. The Morgan fingerprint density at radius 3 is 2.22 bits per heavy atom. The van der Waals surface area contributed by atoms with Crippen molar-refractivity contribution in [3.8, 4) is 0 Å². The molecule has 0 aliphatic carbocycles. The lowest BCUT2D eigenvalue weighted by atomic mass is 10.1. The molecule has 0 saturated carbocycles. The number of aromatic nitrogens is 1. The van der Waals surface area contributed by atoms with Crippen molar-refractivity contribution in [1.82, 2.24) is 10.3 Å². The van der Waals surface area contributed by atoms with Crippen LogP contribution in [0, 0.1) is 13.8 Å². The lowest BCUT2D eigenvalue weighted by Gasteiger charge is -2.08. The first-order chi connectivity index (χ1) is 13.0. The van der Waals surface area contributed by atoms with Gasteiger partial charge in [0.15, 0.2) is 0 Å². The van der Waals surface area contributed by atoms with Crippen LogP contribution in [0.5, 0.6) is 0 Å². The largest absolute Gasteiger partial charge is 0.348 e. The number of amides is 2. The molecule has 0 spiro atoms. The highest BCUT2D eigenvalue weighted by Crippen LogP contribution is 2.11. The summed E-state index contributed by atoms with van der Waals surface area (Å²) in [5, 5.41) is 5.70. The third kappa shape index (κ3) is 5.01. The number of carbonyl (C=O) groups is 2. The van der Waals surface area contributed by atoms with E-state index in [1.807, 2.05) is 44.2 Å². The Hall–Kier alpha value is -3.47. The zero-order valence-electron chi connectivity index (χ0n) is 15.3. The second-order valence-electron chi connectivity index (χ2n) is 6.45. The average molecular weight is 359 g/mol. The summed E-state index contributed by atoms with van der Waals surface area (Å²) in [6.07, 6.45) is 3.24. The number of pyridine rings is 1. The Balaban J connectivity index is 1.59. The fraction of sp³-hybridized carbons (Fsp3) is 0.136. The molecule has 3 aromatic rings. The van der Waals surface area contributed by atoms with E-state index in [4.69, 9.17) is 0 Å². The molecule has 0 bridgehead atoms. The van der Waals surface area contributed by atoms with Crippen molar-refractivity contribution in [2.75, 3.05) is 5.32 Å². The van der Waals surface area contributed by atoms with E-state index >= 15 is 0 Å². The zero-order chi connectivity index (χ0) is 19.2. The van der Waals surface area contributed by atoms with Crippen LogP contribution in [0.25, 0.3) is 0 Å². The van der Waals surface area contributed by atoms with E-state index in [0.29, 0.717) is 23.4 Å². The molecule has 0 aliphatic heterocycles. The minimum Gasteiger partial charge on any atom is -0.348 e. The number of nitrogens with one attached hydrogen (secondary N) is 2. The Labute approximate surface area is 158 Å². The number of rotatable bonds is 5. The van der Waals surface area contributed by atoms with Crippen molar-refractivity contribution in [3.05, 3.63) is 94.8 Å². The summed E-state index contributed by atoms with van der Waals surface area (Å²) in [4.78, 5) is 28.5. The minimum atomic E-state index is -0.200. The predicted molar refractivity (Wildman–Crippen MR) is 106 cm³/mol. The van der Waals surface area contributed by atoms with Crippen LogP contribution in [0.15, 0.2) is 67.0 Å². The third-order valence-corrected chi connectivity index (χ3v) is 4.07. The predicted octanol–water partition coefficient (Wildman–Crippen LogP) is 3.88. The fourth-order valence-electron chi connectivity index (χ4n) is 2.80. The molecule has 2 aromatic carbocycles. The van der Waals surface area contributed by atoms with Gasteiger partial charge in [0.25, 0.3) is 11.8 Å². The van der Waals surface area contributed by atoms with Gasteiger partial charge in [-0.2, -0.15) is 0 Å². The van der Waals surface area contributed by atoms with Gasteiger partial charge in [0, 0.05) is 23.9 Å². The molecule has 1 aromatic heterocycles. The van der Waals surface area contributed by atoms with Crippen LogP contribution in [0.4, 0.5) is 5.69 Å². The molecule has 5 nitrogen and oxygen atoms in total. The first kappa shape index (κ1) is 18.3. The smallest absolute Gasteiger partial charge is 0.255 e. The van der Waals surface area contributed by atoms with Gasteiger partial charge >= 0.3 is 0 Å². The quantitative estimate of drug-likeness (QED) is 0.726. The van der Waals surface area contributed by atoms with Gasteiger partial charge < -0.3 is 10.6 Å². The highest BCUT2D eigenvalue weighted by atomic mass is 16.2. The molecule has 27 heavy (non-hydrogen) atoms. The molecular formula is C22H21N3O2. The maximum absolute atomic E-state index is 12.3. The summed E-state index contributed by atoms with van der Waals surface area (Å²) < 4.78 is 0. The van der Waals surface area contributed by atoms with Gasteiger partial charge in [-0.25, -0.2) is 0 Å². The topological polar surface area (TPSA) is 71.1 Å². The van der Waals surface area contributed by atoms with Crippen molar-refractivity contribution in [3.63, 3.8) is 0 Å². The highest BCUT2D eigenvalue weighted by Gasteiger charge is 2.08. The van der Waals surface area contributed by atoms with E-state index in [1.54, 1.807) is 36.7 Å². The van der Waals surface area contributed by atoms with E-state index in [1.165, 1.54) is 0 Å². The SMILES string of the molecule is Cc1cc(C)cc(C(=O)NCc2ccc(C(=O)Nc3cccnc3)cc2)c1. The number of anilines is 1. The molecule has 0 saturated heterocycles. The maximum Gasteiger partial charge on any atom is 0.255 e. The van der Waals surface area contributed by atoms with Crippen LogP contribution in [-0.2, 0) is 6.54 Å². The van der Waals surface area contributed by atoms with Crippen LogP contribution in [0.2, 0.25) is 0 Å². The normalized spacial score (nSPS) is 10.3. The summed E-state index contributed by atoms with van der Waals surface area (Å²) in [5.41, 5.74) is 4.88. The number of hydrogen-bond donors (Lipinski definition) is 2. The van der Waals surface area contributed by atoms with Gasteiger partial charge in [0.2, 0.25) is 0 Å². The average Bonchev–Trinajstić information content (AvgIpc) is 2.66. The van der Waals surface area contributed by atoms with Crippen LogP contribution < -0.4 is 10.6 Å². The molecule has 0 unspecified atom stereocenters. The van der Waals surface area contributed by atoms with Gasteiger partial charge in [-0.3, -0.25) is 14.6 Å². The summed E-state index contributed by atoms with van der Waals surface area (Å²) >= 11 is 0. The number of carbonyl (C=O) groups excluding carboxylic acids is 2. The van der Waals surface area contributed by atoms with Crippen LogP contribution in [-0.4, -0.2) is 16.8 Å². The van der Waals surface area contributed by atoms with Crippen molar-refractivity contribution >= 4 is 17.5 Å². The zero-order valence-corrected chi connectivity index (χ0v) is 15.3. The Morgan fingerprint density at radius 2 is 1.59 bits per heavy atom. The molecule has 0 radical (unpaired) electrons. The second-order valence-corrected chi connectivity index (χ2v) is 6.45. The molecule has 5 heteroatoms. The Bertz CT molecular complexity index is 931. The number of hydrogen-bond acceptors (Lipinski definition) is 3. The monoisotopic (exact) mass is 359 g/mol. The van der Waals surface area contributed by atoms with E-state index in [0.717, 1.165) is 16.7 Å². The van der Waals surface area contributed by atoms with Crippen molar-refractivity contribution < 1.29 is 9.59 Å². The summed E-state index contributed by atoms with van der Waals surface area (Å²) in [6.45, 7) is 4.34. The highest BCUT2D eigenvalue weighted by molar-refractivity contribution is 6.04. The summed E-state index contributed by atoms with van der Waals surface area (Å²) in [5.74, 6) is -0.311. The van der Waals surface area contributed by atoms with Gasteiger partial charge in [0.05, 0.1) is 11.9 Å². The first-order valence-electron chi connectivity index (χ1n) is 8.68. The third-order valence-electron chi connectivity index (χ3n) is 4.07. The van der Waals surface area contributed by atoms with Crippen molar-refractivity contribution in [1.29, 1.82) is 0 Å². The molecule has 0 aliphatic rings. The molecule has 2 N–H and O–H groups in total. The number of aryl methyl sites for hydroxylation is 2. The molecule has 3 rings (SSSR count). The molecule has 0 fully saturated rings. The van der Waals surface area contributed by atoms with E-state index in [-0.39, 0.29) is 11.8 Å².